The third kappa shape index (κ3) is 3.34. The Kier molecular flexibility index (Phi) is 4.20. The van der Waals surface area contributed by atoms with Crippen molar-refractivity contribution in [1.29, 1.82) is 0 Å². The number of hydrogen-bond acceptors (Lipinski definition) is 1. The largest absolute Gasteiger partial charge is 0.376 e. The van der Waals surface area contributed by atoms with Crippen LogP contribution in [0, 0.1) is 18.7 Å². The summed E-state index contributed by atoms with van der Waals surface area (Å²) in [6.45, 7) is 6.24. The Morgan fingerprint density at radius 1 is 1.00 bits per heavy atom. The summed E-state index contributed by atoms with van der Waals surface area (Å²) in [5.74, 6) is 0.175. The average Bonchev–Trinajstić information content (AvgIpc) is 2.40. The minimum absolute atomic E-state index is 0.109. The van der Waals surface area contributed by atoms with Gasteiger partial charge in [-0.1, -0.05) is 50.2 Å². The molecule has 0 aliphatic heterocycles. The quantitative estimate of drug-likeness (QED) is 0.817. The number of anilines is 1. The lowest BCUT2D eigenvalue weighted by Crippen LogP contribution is -2.17. The lowest BCUT2D eigenvalue weighted by atomic mass is 9.95. The van der Waals surface area contributed by atoms with Crippen molar-refractivity contribution >= 4 is 5.69 Å². The number of rotatable bonds is 4. The summed E-state index contributed by atoms with van der Waals surface area (Å²) < 4.78 is 13.8. The highest BCUT2D eigenvalue weighted by Crippen LogP contribution is 2.28. The van der Waals surface area contributed by atoms with E-state index in [-0.39, 0.29) is 11.9 Å². The number of hydrogen-bond donors (Lipinski definition) is 1. The third-order valence-corrected chi connectivity index (χ3v) is 3.26. The van der Waals surface area contributed by atoms with Crippen LogP contribution in [0.15, 0.2) is 48.5 Å². The molecule has 2 heteroatoms. The van der Waals surface area contributed by atoms with E-state index in [4.69, 9.17) is 0 Å². The molecular formula is C17H20FN. The van der Waals surface area contributed by atoms with E-state index in [2.05, 4.69) is 31.3 Å². The maximum atomic E-state index is 13.8. The van der Waals surface area contributed by atoms with Crippen LogP contribution in [0.4, 0.5) is 10.1 Å². The summed E-state index contributed by atoms with van der Waals surface area (Å²) in [4.78, 5) is 0. The summed E-state index contributed by atoms with van der Waals surface area (Å²) in [7, 11) is 0. The number of aryl methyl sites for hydroxylation is 1. The first-order valence-corrected chi connectivity index (χ1v) is 6.65. The van der Waals surface area contributed by atoms with Crippen LogP contribution < -0.4 is 5.32 Å². The smallest absolute Gasteiger partial charge is 0.146 e. The minimum Gasteiger partial charge on any atom is -0.376 e. The molecule has 0 saturated carbocycles. The average molecular weight is 257 g/mol. The van der Waals surface area contributed by atoms with Gasteiger partial charge in [-0.05, 0) is 36.1 Å². The predicted octanol–water partition coefficient (Wildman–Crippen LogP) is 4.94. The first-order valence-electron chi connectivity index (χ1n) is 6.65. The van der Waals surface area contributed by atoms with Crippen molar-refractivity contribution in [3.05, 3.63) is 65.5 Å². The van der Waals surface area contributed by atoms with E-state index >= 15 is 0 Å². The first kappa shape index (κ1) is 13.6. The molecule has 0 heterocycles. The number of halogens is 1. The molecule has 1 N–H and O–H groups in total. The zero-order chi connectivity index (χ0) is 13.8. The summed E-state index contributed by atoms with van der Waals surface area (Å²) in [5.41, 5.74) is 2.81. The number of nitrogens with one attached hydrogen (secondary N) is 1. The molecule has 0 fully saturated rings. The predicted molar refractivity (Wildman–Crippen MR) is 78.8 cm³/mol. The molecule has 1 nitrogen and oxygen atoms in total. The highest BCUT2D eigenvalue weighted by Gasteiger charge is 2.16. The summed E-state index contributed by atoms with van der Waals surface area (Å²) in [6, 6.07) is 15.4. The van der Waals surface area contributed by atoms with Gasteiger partial charge in [0.25, 0.3) is 0 Å². The van der Waals surface area contributed by atoms with Crippen molar-refractivity contribution in [2.45, 2.75) is 26.8 Å². The number of benzene rings is 2. The summed E-state index contributed by atoms with van der Waals surface area (Å²) in [6.07, 6.45) is 0. The van der Waals surface area contributed by atoms with Crippen LogP contribution in [0.2, 0.25) is 0 Å². The van der Waals surface area contributed by atoms with Crippen molar-refractivity contribution in [2.24, 2.45) is 5.92 Å². The van der Waals surface area contributed by atoms with Gasteiger partial charge in [0.2, 0.25) is 0 Å². The van der Waals surface area contributed by atoms with Gasteiger partial charge in [0, 0.05) is 0 Å². The Labute approximate surface area is 114 Å². The molecule has 0 radical (unpaired) electrons. The van der Waals surface area contributed by atoms with E-state index in [0.717, 1.165) is 5.56 Å². The second-order valence-electron chi connectivity index (χ2n) is 5.26. The summed E-state index contributed by atoms with van der Waals surface area (Å²) in [5, 5.41) is 3.33. The Morgan fingerprint density at radius 3 is 2.32 bits per heavy atom. The van der Waals surface area contributed by atoms with Crippen molar-refractivity contribution < 1.29 is 4.39 Å². The molecule has 0 spiro atoms. The van der Waals surface area contributed by atoms with Gasteiger partial charge in [0.1, 0.15) is 5.82 Å². The monoisotopic (exact) mass is 257 g/mol. The topological polar surface area (TPSA) is 12.0 Å². The van der Waals surface area contributed by atoms with Crippen LogP contribution in [0.5, 0.6) is 0 Å². The lowest BCUT2D eigenvalue weighted by Gasteiger charge is -2.24. The molecule has 2 aromatic carbocycles. The molecule has 0 aromatic heterocycles. The Hall–Kier alpha value is -1.83. The van der Waals surface area contributed by atoms with E-state index in [1.807, 2.05) is 31.2 Å². The van der Waals surface area contributed by atoms with Crippen LogP contribution >= 0.6 is 0 Å². The SMILES string of the molecule is Cc1ccc(F)c(NC(c2ccccc2)C(C)C)c1. The van der Waals surface area contributed by atoms with Gasteiger partial charge in [-0.25, -0.2) is 4.39 Å². The molecule has 0 aliphatic carbocycles. The van der Waals surface area contributed by atoms with E-state index in [1.165, 1.54) is 11.6 Å². The van der Waals surface area contributed by atoms with Crippen LogP contribution in [0.25, 0.3) is 0 Å². The Bertz CT molecular complexity index is 534. The van der Waals surface area contributed by atoms with Crippen LogP contribution in [0.1, 0.15) is 31.0 Å². The fourth-order valence-corrected chi connectivity index (χ4v) is 2.21. The highest BCUT2D eigenvalue weighted by molar-refractivity contribution is 5.49. The first-order chi connectivity index (χ1) is 9.08. The van der Waals surface area contributed by atoms with Gasteiger partial charge < -0.3 is 5.32 Å². The molecule has 0 bridgehead atoms. The van der Waals surface area contributed by atoms with Crippen molar-refractivity contribution in [1.82, 2.24) is 0 Å². The second kappa shape index (κ2) is 5.87. The van der Waals surface area contributed by atoms with Gasteiger partial charge in [0.05, 0.1) is 11.7 Å². The van der Waals surface area contributed by atoms with Crippen LogP contribution in [-0.2, 0) is 0 Å². The Morgan fingerprint density at radius 2 is 1.68 bits per heavy atom. The second-order valence-corrected chi connectivity index (χ2v) is 5.26. The van der Waals surface area contributed by atoms with Crippen molar-refractivity contribution in [3.8, 4) is 0 Å². The highest BCUT2D eigenvalue weighted by atomic mass is 19.1. The zero-order valence-corrected chi connectivity index (χ0v) is 11.7. The normalized spacial score (nSPS) is 12.5. The van der Waals surface area contributed by atoms with Gasteiger partial charge >= 0.3 is 0 Å². The standard InChI is InChI=1S/C17H20FN/c1-12(2)17(14-7-5-4-6-8-14)19-16-11-13(3)9-10-15(16)18/h4-12,17,19H,1-3H3. The molecule has 1 unspecified atom stereocenters. The molecule has 2 rings (SSSR count). The van der Waals surface area contributed by atoms with E-state index < -0.39 is 0 Å². The molecular weight excluding hydrogens is 237 g/mol. The Balaban J connectivity index is 2.29. The van der Waals surface area contributed by atoms with E-state index in [0.29, 0.717) is 11.6 Å². The van der Waals surface area contributed by atoms with Gasteiger partial charge in [-0.3, -0.25) is 0 Å². The molecule has 0 amide bonds. The molecule has 0 aliphatic rings. The van der Waals surface area contributed by atoms with Crippen molar-refractivity contribution in [2.75, 3.05) is 5.32 Å². The molecule has 19 heavy (non-hydrogen) atoms. The zero-order valence-electron chi connectivity index (χ0n) is 11.7. The summed E-state index contributed by atoms with van der Waals surface area (Å²) >= 11 is 0. The van der Waals surface area contributed by atoms with E-state index in [9.17, 15) is 4.39 Å². The fraction of sp³-hybridized carbons (Fsp3) is 0.294. The van der Waals surface area contributed by atoms with Crippen LogP contribution in [-0.4, -0.2) is 0 Å². The molecule has 2 aromatic rings. The lowest BCUT2D eigenvalue weighted by molar-refractivity contribution is 0.539. The maximum absolute atomic E-state index is 13.8. The van der Waals surface area contributed by atoms with E-state index in [1.54, 1.807) is 6.07 Å². The third-order valence-electron chi connectivity index (χ3n) is 3.26. The van der Waals surface area contributed by atoms with Gasteiger partial charge in [-0.15, -0.1) is 0 Å². The van der Waals surface area contributed by atoms with Gasteiger partial charge in [0.15, 0.2) is 0 Å². The van der Waals surface area contributed by atoms with Crippen LogP contribution in [0.3, 0.4) is 0 Å². The van der Waals surface area contributed by atoms with Gasteiger partial charge in [-0.2, -0.15) is 0 Å². The molecule has 100 valence electrons. The molecule has 1 atom stereocenters. The molecule has 0 saturated heterocycles. The minimum atomic E-state index is -0.202. The maximum Gasteiger partial charge on any atom is 0.146 e. The van der Waals surface area contributed by atoms with Crippen molar-refractivity contribution in [3.63, 3.8) is 0 Å². The fourth-order valence-electron chi connectivity index (χ4n) is 2.21.